The third-order valence-electron chi connectivity index (χ3n) is 4.26. The molecule has 4 nitrogen and oxygen atoms in total. The average molecular weight is 406 g/mol. The Labute approximate surface area is 157 Å². The minimum atomic E-state index is -0.890. The second-order valence-electron chi connectivity index (χ2n) is 6.68. The van der Waals surface area contributed by atoms with E-state index in [4.69, 9.17) is 9.47 Å². The molecule has 2 aromatic carbocycles. The Balaban J connectivity index is 1.57. The van der Waals surface area contributed by atoms with Gasteiger partial charge in [-0.25, -0.2) is 0 Å². The molecule has 1 fully saturated rings. The fourth-order valence-electron chi connectivity index (χ4n) is 2.95. The van der Waals surface area contributed by atoms with Gasteiger partial charge < -0.3 is 14.6 Å². The van der Waals surface area contributed by atoms with Crippen LogP contribution in [0.3, 0.4) is 0 Å². The third kappa shape index (κ3) is 5.28. The first-order valence-electron chi connectivity index (χ1n) is 8.54. The molecule has 0 spiro atoms. The number of benzene rings is 2. The first-order valence-corrected chi connectivity index (χ1v) is 9.33. The predicted octanol–water partition coefficient (Wildman–Crippen LogP) is 3.58. The zero-order valence-corrected chi connectivity index (χ0v) is 16.0. The molecule has 2 aromatic rings. The van der Waals surface area contributed by atoms with E-state index in [0.717, 1.165) is 47.7 Å². The number of halogens is 1. The van der Waals surface area contributed by atoms with E-state index in [1.54, 1.807) is 0 Å². The first-order chi connectivity index (χ1) is 12.0. The quantitative estimate of drug-likeness (QED) is 0.797. The summed E-state index contributed by atoms with van der Waals surface area (Å²) < 4.78 is 12.2. The Hall–Kier alpha value is -1.40. The summed E-state index contributed by atoms with van der Waals surface area (Å²) in [6, 6.07) is 16.1. The van der Waals surface area contributed by atoms with Crippen LogP contribution in [0.1, 0.15) is 6.92 Å². The molecular weight excluding hydrogens is 382 g/mol. The van der Waals surface area contributed by atoms with Gasteiger partial charge in [-0.3, -0.25) is 4.90 Å². The highest BCUT2D eigenvalue weighted by molar-refractivity contribution is 9.10. The Morgan fingerprint density at radius 1 is 1.12 bits per heavy atom. The molecule has 1 saturated heterocycles. The number of ether oxygens (including phenoxy) is 2. The number of nitrogens with zero attached hydrogens (tertiary/aromatic N) is 1. The van der Waals surface area contributed by atoms with Crippen LogP contribution < -0.4 is 4.74 Å². The van der Waals surface area contributed by atoms with Crippen molar-refractivity contribution in [3.05, 3.63) is 53.0 Å². The Kier molecular flexibility index (Phi) is 6.12. The van der Waals surface area contributed by atoms with Gasteiger partial charge in [0.15, 0.2) is 0 Å². The topological polar surface area (TPSA) is 41.9 Å². The van der Waals surface area contributed by atoms with E-state index >= 15 is 0 Å². The molecule has 1 unspecified atom stereocenters. The van der Waals surface area contributed by atoms with Gasteiger partial charge in [-0.05, 0) is 36.2 Å². The van der Waals surface area contributed by atoms with E-state index in [9.17, 15) is 5.11 Å². The van der Waals surface area contributed by atoms with Gasteiger partial charge in [-0.1, -0.05) is 46.3 Å². The molecule has 1 aliphatic rings. The van der Waals surface area contributed by atoms with Crippen LogP contribution in [0.15, 0.2) is 53.0 Å². The maximum atomic E-state index is 10.6. The van der Waals surface area contributed by atoms with Crippen LogP contribution in [0.4, 0.5) is 0 Å². The molecule has 1 heterocycles. The van der Waals surface area contributed by atoms with Crippen LogP contribution in [-0.4, -0.2) is 55.1 Å². The molecule has 0 aliphatic carbocycles. The molecule has 3 rings (SSSR count). The lowest BCUT2D eigenvalue weighted by molar-refractivity contribution is -0.0435. The van der Waals surface area contributed by atoms with Gasteiger partial charge in [0.2, 0.25) is 0 Å². The summed E-state index contributed by atoms with van der Waals surface area (Å²) in [6.07, 6.45) is 0. The summed E-state index contributed by atoms with van der Waals surface area (Å²) >= 11 is 3.58. The Morgan fingerprint density at radius 2 is 1.80 bits per heavy atom. The van der Waals surface area contributed by atoms with Gasteiger partial charge >= 0.3 is 0 Å². The van der Waals surface area contributed by atoms with Gasteiger partial charge in [-0.2, -0.15) is 0 Å². The predicted molar refractivity (Wildman–Crippen MR) is 103 cm³/mol. The summed E-state index contributed by atoms with van der Waals surface area (Å²) in [6.45, 7) is 5.84. The largest absolute Gasteiger partial charge is 0.491 e. The maximum absolute atomic E-state index is 10.6. The normalized spacial score (nSPS) is 17.9. The smallest absolute Gasteiger partial charge is 0.119 e. The standard InChI is InChI=1S/C20H24BrNO3/c1-20(23,14-22-10-12-24-13-11-22)15-25-17-8-6-16(7-9-17)18-4-2-3-5-19(18)21/h2-9,23H,10-15H2,1H3. The molecule has 0 bridgehead atoms. The number of hydrogen-bond donors (Lipinski definition) is 1. The molecule has 1 atom stereocenters. The van der Waals surface area contributed by atoms with Crippen LogP contribution in [0.2, 0.25) is 0 Å². The van der Waals surface area contributed by atoms with Crippen LogP contribution >= 0.6 is 15.9 Å². The van der Waals surface area contributed by atoms with Crippen LogP contribution in [-0.2, 0) is 4.74 Å². The highest BCUT2D eigenvalue weighted by Gasteiger charge is 2.26. The van der Waals surface area contributed by atoms with E-state index in [1.807, 2.05) is 49.4 Å². The minimum absolute atomic E-state index is 0.263. The zero-order valence-electron chi connectivity index (χ0n) is 14.5. The minimum Gasteiger partial charge on any atom is -0.491 e. The van der Waals surface area contributed by atoms with E-state index in [1.165, 1.54) is 0 Å². The molecule has 0 amide bonds. The lowest BCUT2D eigenvalue weighted by Crippen LogP contribution is -2.48. The molecule has 5 heteroatoms. The van der Waals surface area contributed by atoms with Crippen LogP contribution in [0.5, 0.6) is 5.75 Å². The Bertz CT molecular complexity index is 682. The second kappa shape index (κ2) is 8.32. The van der Waals surface area contributed by atoms with Crippen molar-refractivity contribution in [3.8, 4) is 16.9 Å². The molecule has 1 N–H and O–H groups in total. The van der Waals surface area contributed by atoms with Crippen LogP contribution in [0, 0.1) is 0 Å². The lowest BCUT2D eigenvalue weighted by Gasteiger charge is -2.33. The summed E-state index contributed by atoms with van der Waals surface area (Å²) in [4.78, 5) is 2.21. The van der Waals surface area contributed by atoms with E-state index in [0.29, 0.717) is 6.54 Å². The van der Waals surface area contributed by atoms with Crippen molar-refractivity contribution in [2.45, 2.75) is 12.5 Å². The van der Waals surface area contributed by atoms with Crippen molar-refractivity contribution in [3.63, 3.8) is 0 Å². The summed E-state index contributed by atoms with van der Waals surface area (Å²) in [5, 5.41) is 10.6. The molecular formula is C20H24BrNO3. The number of aliphatic hydroxyl groups is 1. The summed E-state index contributed by atoms with van der Waals surface area (Å²) in [5.41, 5.74) is 1.38. The SMILES string of the molecule is CC(O)(COc1ccc(-c2ccccc2Br)cc1)CN1CCOCC1. The first kappa shape index (κ1) is 18.4. The number of hydrogen-bond acceptors (Lipinski definition) is 4. The molecule has 25 heavy (non-hydrogen) atoms. The van der Waals surface area contributed by atoms with Crippen molar-refractivity contribution in [2.24, 2.45) is 0 Å². The molecule has 0 saturated carbocycles. The summed E-state index contributed by atoms with van der Waals surface area (Å²) in [7, 11) is 0. The van der Waals surface area contributed by atoms with E-state index in [2.05, 4.69) is 26.9 Å². The van der Waals surface area contributed by atoms with Crippen molar-refractivity contribution in [1.29, 1.82) is 0 Å². The average Bonchev–Trinajstić information content (AvgIpc) is 2.62. The number of morpholine rings is 1. The number of rotatable bonds is 6. The fraction of sp³-hybridized carbons (Fsp3) is 0.400. The fourth-order valence-corrected chi connectivity index (χ4v) is 3.47. The second-order valence-corrected chi connectivity index (χ2v) is 7.53. The van der Waals surface area contributed by atoms with Gasteiger partial charge in [0, 0.05) is 24.1 Å². The van der Waals surface area contributed by atoms with Gasteiger partial charge in [-0.15, -0.1) is 0 Å². The molecule has 0 aromatic heterocycles. The van der Waals surface area contributed by atoms with Gasteiger partial charge in [0.25, 0.3) is 0 Å². The van der Waals surface area contributed by atoms with Crippen molar-refractivity contribution in [2.75, 3.05) is 39.5 Å². The number of β-amino-alcohol motifs (C(OH)–C–C–N with tert-alkyl or cyclic N) is 1. The monoisotopic (exact) mass is 405 g/mol. The maximum Gasteiger partial charge on any atom is 0.119 e. The molecule has 134 valence electrons. The highest BCUT2D eigenvalue weighted by atomic mass is 79.9. The molecule has 1 aliphatic heterocycles. The summed E-state index contributed by atoms with van der Waals surface area (Å²) in [5.74, 6) is 0.762. The van der Waals surface area contributed by atoms with Gasteiger partial charge in [0.1, 0.15) is 18.0 Å². The third-order valence-corrected chi connectivity index (χ3v) is 4.95. The van der Waals surface area contributed by atoms with Gasteiger partial charge in [0.05, 0.1) is 13.2 Å². The van der Waals surface area contributed by atoms with Crippen LogP contribution in [0.25, 0.3) is 11.1 Å². The zero-order chi connectivity index (χ0) is 17.7. The van der Waals surface area contributed by atoms with E-state index in [-0.39, 0.29) is 6.61 Å². The van der Waals surface area contributed by atoms with Crippen molar-refractivity contribution < 1.29 is 14.6 Å². The molecule has 0 radical (unpaired) electrons. The van der Waals surface area contributed by atoms with Crippen molar-refractivity contribution >= 4 is 15.9 Å². The Morgan fingerprint density at radius 3 is 2.48 bits per heavy atom. The van der Waals surface area contributed by atoms with E-state index < -0.39 is 5.60 Å². The lowest BCUT2D eigenvalue weighted by atomic mass is 10.1. The highest BCUT2D eigenvalue weighted by Crippen LogP contribution is 2.29. The van der Waals surface area contributed by atoms with Crippen molar-refractivity contribution in [1.82, 2.24) is 4.90 Å².